The van der Waals surface area contributed by atoms with Crippen molar-refractivity contribution in [1.29, 1.82) is 0 Å². The van der Waals surface area contributed by atoms with Gasteiger partial charge >= 0.3 is 0 Å². The maximum atomic E-state index is 10.1. The van der Waals surface area contributed by atoms with Crippen molar-refractivity contribution in [3.8, 4) is 0 Å². The molecule has 0 aliphatic carbocycles. The molecule has 0 aromatic heterocycles. The molecule has 2 fully saturated rings. The van der Waals surface area contributed by atoms with Crippen LogP contribution in [0.5, 0.6) is 0 Å². The van der Waals surface area contributed by atoms with E-state index in [-0.39, 0.29) is 24.9 Å². The topological polar surface area (TPSA) is 96.9 Å². The Kier molecular flexibility index (Phi) is 2.06. The third kappa shape index (κ3) is 1.45. The summed E-state index contributed by atoms with van der Waals surface area (Å²) in [5.74, 6) is 0. The van der Waals surface area contributed by atoms with Gasteiger partial charge < -0.3 is 20.0 Å². The van der Waals surface area contributed by atoms with Gasteiger partial charge in [0.1, 0.15) is 12.2 Å². The minimum Gasteiger partial charge on any atom is -0.371 e. The molecular formula is C6H10N2O5. The molecule has 7 nitrogen and oxygen atoms in total. The van der Waals surface area contributed by atoms with Crippen molar-refractivity contribution >= 4 is 0 Å². The molecule has 0 amide bonds. The Hall–Kier alpha value is -0.920. The average Bonchev–Trinajstić information content (AvgIpc) is 2.56. The van der Waals surface area contributed by atoms with E-state index < -0.39 is 11.2 Å². The first kappa shape index (κ1) is 8.67. The summed E-state index contributed by atoms with van der Waals surface area (Å²) in [5.41, 5.74) is 5.64. The second-order valence-electron chi connectivity index (χ2n) is 3.13. The number of ether oxygens (including phenoxy) is 2. The summed E-state index contributed by atoms with van der Waals surface area (Å²) in [6, 6.07) is -0.203. The van der Waals surface area contributed by atoms with Crippen molar-refractivity contribution in [2.45, 2.75) is 24.4 Å². The Morgan fingerprint density at radius 2 is 2.08 bits per heavy atom. The highest BCUT2D eigenvalue weighted by atomic mass is 17.0. The summed E-state index contributed by atoms with van der Waals surface area (Å²) in [4.78, 5) is 14.5. The summed E-state index contributed by atoms with van der Waals surface area (Å²) >= 11 is 0. The predicted octanol–water partition coefficient (Wildman–Crippen LogP) is -1.31. The molecule has 2 aliphatic heterocycles. The van der Waals surface area contributed by atoms with Crippen molar-refractivity contribution in [1.82, 2.24) is 0 Å². The molecule has 2 aliphatic rings. The highest BCUT2D eigenvalue weighted by Gasteiger charge is 2.48. The lowest BCUT2D eigenvalue weighted by molar-refractivity contribution is -0.769. The molecule has 13 heavy (non-hydrogen) atoms. The number of fused-ring (bicyclic) bond motifs is 1. The van der Waals surface area contributed by atoms with Gasteiger partial charge in [0, 0.05) is 0 Å². The first-order valence-electron chi connectivity index (χ1n) is 3.98. The number of nitrogens with two attached hydrogens (primary N) is 1. The zero-order valence-electron chi connectivity index (χ0n) is 6.79. The summed E-state index contributed by atoms with van der Waals surface area (Å²) in [7, 11) is 0. The average molecular weight is 190 g/mol. The van der Waals surface area contributed by atoms with Crippen LogP contribution in [0.4, 0.5) is 0 Å². The van der Waals surface area contributed by atoms with E-state index in [2.05, 4.69) is 4.84 Å². The minimum atomic E-state index is -0.830. The van der Waals surface area contributed by atoms with Crippen LogP contribution in [0, 0.1) is 10.1 Å². The third-order valence-electron chi connectivity index (χ3n) is 2.27. The van der Waals surface area contributed by atoms with E-state index in [1.807, 2.05) is 0 Å². The molecule has 74 valence electrons. The second-order valence-corrected chi connectivity index (χ2v) is 3.13. The van der Waals surface area contributed by atoms with E-state index >= 15 is 0 Å². The maximum absolute atomic E-state index is 10.1. The first-order chi connectivity index (χ1) is 6.18. The molecule has 0 bridgehead atoms. The molecular weight excluding hydrogens is 180 g/mol. The molecule has 0 aromatic carbocycles. The lowest BCUT2D eigenvalue weighted by Gasteiger charge is -2.13. The number of hydrogen-bond donors (Lipinski definition) is 1. The molecule has 0 saturated carbocycles. The van der Waals surface area contributed by atoms with Crippen molar-refractivity contribution in [3.05, 3.63) is 10.1 Å². The van der Waals surface area contributed by atoms with Crippen molar-refractivity contribution in [2.75, 3.05) is 13.2 Å². The Labute approximate surface area is 73.8 Å². The first-order valence-corrected chi connectivity index (χ1v) is 3.98. The highest BCUT2D eigenvalue weighted by molar-refractivity contribution is 4.96. The lowest BCUT2D eigenvalue weighted by atomic mass is 10.1. The minimum absolute atomic E-state index is 0.171. The smallest absolute Gasteiger partial charge is 0.294 e. The van der Waals surface area contributed by atoms with Gasteiger partial charge in [0.25, 0.3) is 5.09 Å². The zero-order valence-corrected chi connectivity index (χ0v) is 6.79. The summed E-state index contributed by atoms with van der Waals surface area (Å²) in [5, 5.41) is 9.24. The van der Waals surface area contributed by atoms with Gasteiger partial charge in [-0.25, -0.2) is 0 Å². The van der Waals surface area contributed by atoms with Gasteiger partial charge in [0.05, 0.1) is 19.3 Å². The van der Waals surface area contributed by atoms with Crippen LogP contribution in [-0.2, 0) is 14.3 Å². The van der Waals surface area contributed by atoms with Gasteiger partial charge in [-0.1, -0.05) is 0 Å². The van der Waals surface area contributed by atoms with E-state index in [1.165, 1.54) is 0 Å². The van der Waals surface area contributed by atoms with Gasteiger partial charge in [0.15, 0.2) is 6.10 Å². The molecule has 0 spiro atoms. The van der Waals surface area contributed by atoms with E-state index in [0.29, 0.717) is 6.61 Å². The molecule has 0 aromatic rings. The van der Waals surface area contributed by atoms with Gasteiger partial charge in [0.2, 0.25) is 0 Å². The van der Waals surface area contributed by atoms with Crippen LogP contribution in [-0.4, -0.2) is 42.7 Å². The Morgan fingerprint density at radius 1 is 1.38 bits per heavy atom. The normalized spacial score (nSPS) is 43.2. The molecule has 2 heterocycles. The maximum Gasteiger partial charge on any atom is 0.294 e. The van der Waals surface area contributed by atoms with Crippen LogP contribution < -0.4 is 5.73 Å². The highest BCUT2D eigenvalue weighted by Crippen LogP contribution is 2.27. The van der Waals surface area contributed by atoms with E-state index in [9.17, 15) is 10.1 Å². The second kappa shape index (κ2) is 3.09. The summed E-state index contributed by atoms with van der Waals surface area (Å²) in [6.45, 7) is 0.539. The lowest BCUT2D eigenvalue weighted by Crippen LogP contribution is -2.37. The fraction of sp³-hybridized carbons (Fsp3) is 1.00. The van der Waals surface area contributed by atoms with Crippen LogP contribution in [0.15, 0.2) is 0 Å². The number of nitrogens with zero attached hydrogens (tertiary/aromatic N) is 1. The fourth-order valence-corrected chi connectivity index (χ4v) is 1.69. The molecule has 7 heteroatoms. The quantitative estimate of drug-likeness (QED) is 0.429. The number of rotatable bonds is 2. The van der Waals surface area contributed by atoms with Crippen molar-refractivity contribution in [2.24, 2.45) is 5.73 Å². The van der Waals surface area contributed by atoms with Crippen LogP contribution in [0.1, 0.15) is 0 Å². The van der Waals surface area contributed by atoms with E-state index in [0.717, 1.165) is 0 Å². The van der Waals surface area contributed by atoms with Gasteiger partial charge in [-0.3, -0.25) is 0 Å². The van der Waals surface area contributed by atoms with Crippen LogP contribution in [0.2, 0.25) is 0 Å². The van der Waals surface area contributed by atoms with E-state index in [4.69, 9.17) is 15.2 Å². The zero-order chi connectivity index (χ0) is 9.42. The molecule has 2 saturated heterocycles. The predicted molar refractivity (Wildman–Crippen MR) is 39.3 cm³/mol. The molecule has 2 rings (SSSR count). The molecule has 4 atom stereocenters. The molecule has 2 N–H and O–H groups in total. The standard InChI is InChI=1S/C6H10N2O5/c7-3-1-11-6-4(13-8(9)10)2-12-5(3)6/h3-6H,1-2,7H2/t3-,4-,5?,6+/m0/s1. The molecule has 1 unspecified atom stereocenters. The van der Waals surface area contributed by atoms with Crippen LogP contribution in [0.3, 0.4) is 0 Å². The summed E-state index contributed by atoms with van der Waals surface area (Å²) in [6.07, 6.45) is -1.28. The Bertz CT molecular complexity index is 223. The van der Waals surface area contributed by atoms with Crippen LogP contribution >= 0.6 is 0 Å². The van der Waals surface area contributed by atoms with E-state index in [1.54, 1.807) is 0 Å². The Balaban J connectivity index is 1.98. The number of hydrogen-bond acceptors (Lipinski definition) is 6. The monoisotopic (exact) mass is 190 g/mol. The third-order valence-corrected chi connectivity index (χ3v) is 2.27. The fourth-order valence-electron chi connectivity index (χ4n) is 1.69. The Morgan fingerprint density at radius 3 is 2.77 bits per heavy atom. The van der Waals surface area contributed by atoms with Gasteiger partial charge in [-0.2, -0.15) is 0 Å². The van der Waals surface area contributed by atoms with Gasteiger partial charge in [-0.05, 0) is 0 Å². The van der Waals surface area contributed by atoms with Gasteiger partial charge in [-0.15, -0.1) is 10.1 Å². The largest absolute Gasteiger partial charge is 0.371 e. The van der Waals surface area contributed by atoms with Crippen LogP contribution in [0.25, 0.3) is 0 Å². The van der Waals surface area contributed by atoms with Crippen molar-refractivity contribution < 1.29 is 19.4 Å². The van der Waals surface area contributed by atoms with Crippen molar-refractivity contribution in [3.63, 3.8) is 0 Å². The molecule has 0 radical (unpaired) electrons. The summed E-state index contributed by atoms with van der Waals surface area (Å²) < 4.78 is 10.4. The SMILES string of the molecule is N[C@H]1CO[C@H]2C1OC[C@@H]2O[N+](=O)[O-].